The second kappa shape index (κ2) is 10.8. The number of nitrogens with zero attached hydrogens (tertiary/aromatic N) is 3. The Labute approximate surface area is 171 Å². The molecule has 142 valence electrons. The first-order chi connectivity index (χ1) is 12.0. The van der Waals surface area contributed by atoms with Gasteiger partial charge in [-0.05, 0) is 26.0 Å². The summed E-state index contributed by atoms with van der Waals surface area (Å²) < 4.78 is 1.88. The molecule has 3 N–H and O–H groups in total. The minimum Gasteiger partial charge on any atom is -0.355 e. The summed E-state index contributed by atoms with van der Waals surface area (Å²) >= 11 is 0. The van der Waals surface area contributed by atoms with E-state index in [-0.39, 0.29) is 29.9 Å². The molecule has 7 nitrogen and oxygen atoms in total. The number of hydrogen-bond donors (Lipinski definition) is 3. The van der Waals surface area contributed by atoms with E-state index in [1.807, 2.05) is 43.8 Å². The molecule has 0 aliphatic heterocycles. The van der Waals surface area contributed by atoms with Gasteiger partial charge in [0.2, 0.25) is 0 Å². The number of carbonyl (C=O) groups is 1. The average molecular weight is 470 g/mol. The van der Waals surface area contributed by atoms with Crippen molar-refractivity contribution in [1.29, 1.82) is 0 Å². The summed E-state index contributed by atoms with van der Waals surface area (Å²) in [4.78, 5) is 16.2. The Morgan fingerprint density at radius 3 is 2.35 bits per heavy atom. The average Bonchev–Trinajstić information content (AvgIpc) is 2.87. The molecule has 0 fully saturated rings. The molecule has 8 heteroatoms. The largest absolute Gasteiger partial charge is 0.355 e. The Morgan fingerprint density at radius 2 is 1.77 bits per heavy atom. The van der Waals surface area contributed by atoms with Gasteiger partial charge in [-0.15, -0.1) is 24.0 Å². The fourth-order valence-corrected chi connectivity index (χ4v) is 2.51. The van der Waals surface area contributed by atoms with Crippen molar-refractivity contribution >= 4 is 35.8 Å². The number of guanidine groups is 1. The summed E-state index contributed by atoms with van der Waals surface area (Å²) in [6.45, 7) is 5.80. The van der Waals surface area contributed by atoms with Crippen molar-refractivity contribution in [2.75, 3.05) is 20.1 Å². The van der Waals surface area contributed by atoms with E-state index in [1.165, 1.54) is 5.56 Å². The number of aryl methyl sites for hydroxylation is 2. The molecule has 0 atom stereocenters. The van der Waals surface area contributed by atoms with Gasteiger partial charge in [-0.3, -0.25) is 14.5 Å². The normalized spacial score (nSPS) is 10.8. The number of benzene rings is 1. The van der Waals surface area contributed by atoms with Crippen molar-refractivity contribution in [3.63, 3.8) is 0 Å². The monoisotopic (exact) mass is 470 g/mol. The topological polar surface area (TPSA) is 83.3 Å². The lowest BCUT2D eigenvalue weighted by Crippen LogP contribution is -2.41. The van der Waals surface area contributed by atoms with Crippen LogP contribution < -0.4 is 16.0 Å². The number of amides is 1. The number of carbonyl (C=O) groups excluding carboxylic acids is 1. The summed E-state index contributed by atoms with van der Waals surface area (Å²) in [7, 11) is 3.66. The Morgan fingerprint density at radius 1 is 1.12 bits per heavy atom. The van der Waals surface area contributed by atoms with Crippen LogP contribution in [0.4, 0.5) is 0 Å². The van der Waals surface area contributed by atoms with Crippen molar-refractivity contribution in [3.8, 4) is 0 Å². The van der Waals surface area contributed by atoms with E-state index in [9.17, 15) is 4.79 Å². The van der Waals surface area contributed by atoms with Gasteiger partial charge in [0.25, 0.3) is 5.91 Å². The molecular formula is C18H27IN6O. The highest BCUT2D eigenvalue weighted by molar-refractivity contribution is 14.0. The van der Waals surface area contributed by atoms with Crippen molar-refractivity contribution < 1.29 is 4.79 Å². The number of aliphatic imine (C=N–C) groups is 1. The van der Waals surface area contributed by atoms with E-state index >= 15 is 0 Å². The number of nitrogens with one attached hydrogen (secondary N) is 3. The second-order valence-corrected chi connectivity index (χ2v) is 5.75. The minimum absolute atomic E-state index is 0. The molecule has 0 aliphatic carbocycles. The third-order valence-electron chi connectivity index (χ3n) is 4.05. The highest BCUT2D eigenvalue weighted by Crippen LogP contribution is 2.10. The molecule has 0 radical (unpaired) electrons. The van der Waals surface area contributed by atoms with Gasteiger partial charge in [0, 0.05) is 50.6 Å². The molecule has 0 aliphatic rings. The molecule has 2 rings (SSSR count). The first-order valence-corrected chi connectivity index (χ1v) is 8.29. The highest BCUT2D eigenvalue weighted by Gasteiger charge is 2.09. The van der Waals surface area contributed by atoms with E-state index in [4.69, 9.17) is 0 Å². The molecule has 0 spiro atoms. The van der Waals surface area contributed by atoms with Crippen LogP contribution in [0, 0.1) is 13.8 Å². The smallest absolute Gasteiger partial charge is 0.251 e. The standard InChI is InChI=1S/C18H26N6O.HI/c1-13-16(14(2)24(4)23-13)12-22-18(19-3)21-11-10-20-17(25)15-8-6-5-7-9-15;/h5-9H,10-12H2,1-4H3,(H,20,25)(H2,19,21,22);1H. The zero-order chi connectivity index (χ0) is 18.2. The molecule has 1 aromatic carbocycles. The van der Waals surface area contributed by atoms with Gasteiger partial charge in [0.05, 0.1) is 5.69 Å². The minimum atomic E-state index is -0.0769. The SMILES string of the molecule is CN=C(NCCNC(=O)c1ccccc1)NCc1c(C)nn(C)c1C.I. The van der Waals surface area contributed by atoms with Crippen molar-refractivity contribution in [3.05, 3.63) is 52.8 Å². The maximum Gasteiger partial charge on any atom is 0.251 e. The van der Waals surface area contributed by atoms with E-state index in [0.29, 0.717) is 31.2 Å². The molecule has 0 saturated heterocycles. The lowest BCUT2D eigenvalue weighted by molar-refractivity contribution is 0.0954. The molecule has 0 bridgehead atoms. The first-order valence-electron chi connectivity index (χ1n) is 8.29. The van der Waals surface area contributed by atoms with Crippen LogP contribution in [0.5, 0.6) is 0 Å². The Hall–Kier alpha value is -2.10. The number of aromatic nitrogens is 2. The van der Waals surface area contributed by atoms with Gasteiger partial charge in [-0.25, -0.2) is 0 Å². The lowest BCUT2D eigenvalue weighted by Gasteiger charge is -2.12. The van der Waals surface area contributed by atoms with Crippen LogP contribution in [0.15, 0.2) is 35.3 Å². The van der Waals surface area contributed by atoms with Crippen molar-refractivity contribution in [2.45, 2.75) is 20.4 Å². The van der Waals surface area contributed by atoms with Crippen molar-refractivity contribution in [1.82, 2.24) is 25.7 Å². The third-order valence-corrected chi connectivity index (χ3v) is 4.05. The van der Waals surface area contributed by atoms with Crippen LogP contribution >= 0.6 is 24.0 Å². The van der Waals surface area contributed by atoms with E-state index < -0.39 is 0 Å². The molecular weight excluding hydrogens is 443 g/mol. The zero-order valence-electron chi connectivity index (χ0n) is 15.7. The predicted octanol–water partition coefficient (Wildman–Crippen LogP) is 1.75. The van der Waals surface area contributed by atoms with Gasteiger partial charge >= 0.3 is 0 Å². The number of hydrogen-bond acceptors (Lipinski definition) is 3. The van der Waals surface area contributed by atoms with Gasteiger partial charge in [-0.2, -0.15) is 5.10 Å². The van der Waals surface area contributed by atoms with Gasteiger partial charge in [0.1, 0.15) is 0 Å². The van der Waals surface area contributed by atoms with Crippen LogP contribution in [-0.4, -0.2) is 41.8 Å². The third kappa shape index (κ3) is 6.01. The van der Waals surface area contributed by atoms with E-state index in [2.05, 4.69) is 26.0 Å². The van der Waals surface area contributed by atoms with Crippen molar-refractivity contribution in [2.24, 2.45) is 12.0 Å². The second-order valence-electron chi connectivity index (χ2n) is 5.75. The van der Waals surface area contributed by atoms with Crippen LogP contribution in [0.3, 0.4) is 0 Å². The summed E-state index contributed by atoms with van der Waals surface area (Å²) in [5.41, 5.74) is 3.98. The molecule has 0 unspecified atom stereocenters. The number of halogens is 1. The van der Waals surface area contributed by atoms with E-state index in [1.54, 1.807) is 19.2 Å². The molecule has 0 saturated carbocycles. The fraction of sp³-hybridized carbons (Fsp3) is 0.389. The Bertz CT molecular complexity index is 742. The van der Waals surface area contributed by atoms with Crippen LogP contribution in [0.1, 0.15) is 27.3 Å². The van der Waals surface area contributed by atoms with E-state index in [0.717, 1.165) is 11.4 Å². The Balaban J connectivity index is 0.00000338. The van der Waals surface area contributed by atoms with Gasteiger partial charge in [0.15, 0.2) is 5.96 Å². The quantitative estimate of drug-likeness (QED) is 0.260. The van der Waals surface area contributed by atoms with Gasteiger partial charge < -0.3 is 16.0 Å². The summed E-state index contributed by atoms with van der Waals surface area (Å²) in [6, 6.07) is 9.17. The summed E-state index contributed by atoms with van der Waals surface area (Å²) in [5, 5.41) is 13.7. The Kier molecular flexibility index (Phi) is 9.11. The highest BCUT2D eigenvalue weighted by atomic mass is 127. The lowest BCUT2D eigenvalue weighted by atomic mass is 10.2. The fourth-order valence-electron chi connectivity index (χ4n) is 2.51. The van der Waals surface area contributed by atoms with Crippen LogP contribution in [0.25, 0.3) is 0 Å². The maximum atomic E-state index is 12.0. The van der Waals surface area contributed by atoms with Crippen LogP contribution in [0.2, 0.25) is 0 Å². The zero-order valence-corrected chi connectivity index (χ0v) is 18.0. The predicted molar refractivity (Wildman–Crippen MR) is 115 cm³/mol. The van der Waals surface area contributed by atoms with Gasteiger partial charge in [-0.1, -0.05) is 18.2 Å². The summed E-state index contributed by atoms with van der Waals surface area (Å²) in [5.74, 6) is 0.614. The molecule has 1 amide bonds. The molecule has 1 heterocycles. The maximum absolute atomic E-state index is 12.0. The summed E-state index contributed by atoms with van der Waals surface area (Å²) in [6.07, 6.45) is 0. The molecule has 1 aromatic heterocycles. The van der Waals surface area contributed by atoms with Crippen LogP contribution in [-0.2, 0) is 13.6 Å². The molecule has 2 aromatic rings. The first kappa shape index (κ1) is 21.9. The number of rotatable bonds is 6. The molecule has 26 heavy (non-hydrogen) atoms.